The van der Waals surface area contributed by atoms with Crippen molar-refractivity contribution >= 4 is 38.6 Å². The van der Waals surface area contributed by atoms with Crippen molar-refractivity contribution in [2.45, 2.75) is 18.2 Å². The fourth-order valence-corrected chi connectivity index (χ4v) is 5.22. The molecule has 2 heterocycles. The average Bonchev–Trinajstić information content (AvgIpc) is 3.47. The molecule has 0 atom stereocenters. The van der Waals surface area contributed by atoms with Crippen molar-refractivity contribution < 1.29 is 22.4 Å². The molecule has 0 aliphatic carbocycles. The van der Waals surface area contributed by atoms with Crippen LogP contribution >= 0.6 is 11.3 Å². The molecule has 4 aromatic rings. The van der Waals surface area contributed by atoms with Gasteiger partial charge in [-0.05, 0) is 61.0 Å². The molecule has 2 aromatic heterocycles. The van der Waals surface area contributed by atoms with Crippen molar-refractivity contribution in [3.8, 4) is 16.5 Å². The minimum atomic E-state index is -3.87. The van der Waals surface area contributed by atoms with E-state index in [-0.39, 0.29) is 17.2 Å². The second-order valence-corrected chi connectivity index (χ2v) is 9.67. The van der Waals surface area contributed by atoms with Crippen molar-refractivity contribution in [2.24, 2.45) is 0 Å². The molecule has 2 aromatic carbocycles. The first-order valence-corrected chi connectivity index (χ1v) is 12.3. The third-order valence-corrected chi connectivity index (χ3v) is 7.16. The maximum atomic E-state index is 12.9. The molecule has 1 amide bonds. The lowest BCUT2D eigenvalue weighted by Gasteiger charge is -2.13. The standard InChI is InChI=1S/C23H21N3O5S2/c1-15-5-6-17(12-21(15)33(28,29)26-16-7-9-19(30-2)10-8-16)24-22(27)13-18-14-32-23(25-18)20-4-3-11-31-20/h3-12,14,26H,13H2,1-2H3,(H,24,27). The summed E-state index contributed by atoms with van der Waals surface area (Å²) in [6.07, 6.45) is 1.62. The Morgan fingerprint density at radius 2 is 1.88 bits per heavy atom. The second-order valence-electron chi connectivity index (χ2n) is 7.16. The number of aryl methyl sites for hydroxylation is 1. The van der Waals surface area contributed by atoms with E-state index in [2.05, 4.69) is 15.0 Å². The van der Waals surface area contributed by atoms with Crippen molar-refractivity contribution in [2.75, 3.05) is 17.1 Å². The summed E-state index contributed by atoms with van der Waals surface area (Å²) in [5.74, 6) is 0.959. The van der Waals surface area contributed by atoms with Crippen LogP contribution in [0.2, 0.25) is 0 Å². The molecule has 0 aliphatic rings. The van der Waals surface area contributed by atoms with Gasteiger partial charge in [-0.2, -0.15) is 0 Å². The molecule has 0 fully saturated rings. The Bertz CT molecular complexity index is 1360. The molecule has 10 heteroatoms. The predicted octanol–water partition coefficient (Wildman–Crippen LogP) is 4.70. The van der Waals surface area contributed by atoms with Crippen molar-refractivity contribution in [3.63, 3.8) is 0 Å². The molecule has 0 bridgehead atoms. The highest BCUT2D eigenvalue weighted by Gasteiger charge is 2.19. The molecule has 33 heavy (non-hydrogen) atoms. The van der Waals surface area contributed by atoms with Crippen LogP contribution in [0.25, 0.3) is 10.8 Å². The Hall–Kier alpha value is -3.63. The summed E-state index contributed by atoms with van der Waals surface area (Å²) in [7, 11) is -2.33. The summed E-state index contributed by atoms with van der Waals surface area (Å²) in [5, 5.41) is 5.23. The van der Waals surface area contributed by atoms with Crippen LogP contribution in [0, 0.1) is 6.92 Å². The lowest BCUT2D eigenvalue weighted by molar-refractivity contribution is -0.115. The van der Waals surface area contributed by atoms with Crippen LogP contribution in [-0.4, -0.2) is 26.4 Å². The quantitative estimate of drug-likeness (QED) is 0.376. The van der Waals surface area contributed by atoms with Crippen molar-refractivity contribution in [3.05, 3.63) is 77.5 Å². The zero-order chi connectivity index (χ0) is 23.4. The summed E-state index contributed by atoms with van der Waals surface area (Å²) in [5.41, 5.74) is 1.93. The zero-order valence-electron chi connectivity index (χ0n) is 17.9. The maximum absolute atomic E-state index is 12.9. The van der Waals surface area contributed by atoms with Gasteiger partial charge in [0.25, 0.3) is 10.0 Å². The average molecular weight is 484 g/mol. The maximum Gasteiger partial charge on any atom is 0.262 e. The van der Waals surface area contributed by atoms with E-state index in [0.29, 0.717) is 39.1 Å². The molecule has 0 aliphatic heterocycles. The number of hydrogen-bond acceptors (Lipinski definition) is 7. The van der Waals surface area contributed by atoms with Crippen LogP contribution in [0.15, 0.2) is 75.6 Å². The minimum absolute atomic E-state index is 0.0528. The number of amides is 1. The number of carbonyl (C=O) groups is 1. The van der Waals surface area contributed by atoms with Crippen LogP contribution < -0.4 is 14.8 Å². The second kappa shape index (κ2) is 9.47. The van der Waals surface area contributed by atoms with Gasteiger partial charge in [-0.1, -0.05) is 6.07 Å². The number of benzene rings is 2. The van der Waals surface area contributed by atoms with Gasteiger partial charge in [-0.15, -0.1) is 11.3 Å². The molecule has 0 unspecified atom stereocenters. The number of thiazole rings is 1. The lowest BCUT2D eigenvalue weighted by Crippen LogP contribution is -2.17. The van der Waals surface area contributed by atoms with Gasteiger partial charge < -0.3 is 14.5 Å². The summed E-state index contributed by atoms with van der Waals surface area (Å²) in [6.45, 7) is 1.69. The number of nitrogens with zero attached hydrogens (tertiary/aromatic N) is 1. The summed E-state index contributed by atoms with van der Waals surface area (Å²) >= 11 is 1.39. The first-order chi connectivity index (χ1) is 15.8. The Labute approximate surface area is 195 Å². The van der Waals surface area contributed by atoms with E-state index in [9.17, 15) is 13.2 Å². The van der Waals surface area contributed by atoms with E-state index in [1.807, 2.05) is 0 Å². The van der Waals surface area contributed by atoms with Crippen molar-refractivity contribution in [1.29, 1.82) is 0 Å². The molecule has 0 radical (unpaired) electrons. The molecule has 4 rings (SSSR count). The van der Waals surface area contributed by atoms with Gasteiger partial charge in [-0.3, -0.25) is 9.52 Å². The molecule has 0 saturated heterocycles. The van der Waals surface area contributed by atoms with Gasteiger partial charge in [0.2, 0.25) is 5.91 Å². The van der Waals surface area contributed by atoms with E-state index >= 15 is 0 Å². The Balaban J connectivity index is 1.46. The third-order valence-electron chi connectivity index (χ3n) is 4.73. The fourth-order valence-electron chi connectivity index (χ4n) is 3.11. The fraction of sp³-hybridized carbons (Fsp3) is 0.130. The predicted molar refractivity (Wildman–Crippen MR) is 127 cm³/mol. The number of rotatable bonds is 8. The number of carbonyl (C=O) groups excluding carboxylic acids is 1. The highest BCUT2D eigenvalue weighted by atomic mass is 32.2. The smallest absolute Gasteiger partial charge is 0.262 e. The number of sulfonamides is 1. The van der Waals surface area contributed by atoms with E-state index in [1.54, 1.807) is 67.1 Å². The Morgan fingerprint density at radius 3 is 2.58 bits per heavy atom. The van der Waals surface area contributed by atoms with Crippen LogP contribution in [0.1, 0.15) is 11.3 Å². The largest absolute Gasteiger partial charge is 0.497 e. The van der Waals surface area contributed by atoms with Crippen LogP contribution in [0.4, 0.5) is 11.4 Å². The highest BCUT2D eigenvalue weighted by molar-refractivity contribution is 7.92. The summed E-state index contributed by atoms with van der Waals surface area (Å²) < 4.78 is 38.9. The molecule has 0 saturated carbocycles. The van der Waals surface area contributed by atoms with Gasteiger partial charge in [-0.25, -0.2) is 13.4 Å². The monoisotopic (exact) mass is 483 g/mol. The SMILES string of the molecule is COc1ccc(NS(=O)(=O)c2cc(NC(=O)Cc3csc(-c4ccco4)n3)ccc2C)cc1. The number of nitrogens with one attached hydrogen (secondary N) is 2. The molecule has 0 spiro atoms. The van der Waals surface area contributed by atoms with E-state index in [0.717, 1.165) is 0 Å². The summed E-state index contributed by atoms with van der Waals surface area (Å²) in [6, 6.07) is 14.9. The van der Waals surface area contributed by atoms with Crippen LogP contribution in [0.3, 0.4) is 0 Å². The topological polar surface area (TPSA) is 111 Å². The number of hydrogen-bond donors (Lipinski definition) is 2. The van der Waals surface area contributed by atoms with Crippen LogP contribution in [-0.2, 0) is 21.2 Å². The number of ether oxygens (including phenoxy) is 1. The molecular weight excluding hydrogens is 462 g/mol. The van der Waals surface area contributed by atoms with Gasteiger partial charge in [0.1, 0.15) is 5.75 Å². The third kappa shape index (κ3) is 5.41. The van der Waals surface area contributed by atoms with Gasteiger partial charge in [0.05, 0.1) is 30.4 Å². The van der Waals surface area contributed by atoms with Crippen molar-refractivity contribution in [1.82, 2.24) is 4.98 Å². The lowest BCUT2D eigenvalue weighted by atomic mass is 10.2. The van der Waals surface area contributed by atoms with Gasteiger partial charge >= 0.3 is 0 Å². The number of furan rings is 1. The van der Waals surface area contributed by atoms with Gasteiger partial charge in [0.15, 0.2) is 10.8 Å². The van der Waals surface area contributed by atoms with Crippen LogP contribution in [0.5, 0.6) is 5.75 Å². The van der Waals surface area contributed by atoms with E-state index in [4.69, 9.17) is 9.15 Å². The molecule has 8 nitrogen and oxygen atoms in total. The number of methoxy groups -OCH3 is 1. The Morgan fingerprint density at radius 1 is 1.12 bits per heavy atom. The highest BCUT2D eigenvalue weighted by Crippen LogP contribution is 2.26. The molecular formula is C23H21N3O5S2. The van der Waals surface area contributed by atoms with E-state index < -0.39 is 10.0 Å². The van der Waals surface area contributed by atoms with E-state index in [1.165, 1.54) is 24.5 Å². The normalized spacial score (nSPS) is 11.2. The first kappa shape index (κ1) is 22.6. The first-order valence-electron chi connectivity index (χ1n) is 9.90. The van der Waals surface area contributed by atoms with Gasteiger partial charge in [0, 0.05) is 16.8 Å². The zero-order valence-corrected chi connectivity index (χ0v) is 19.5. The molecule has 2 N–H and O–H groups in total. The summed E-state index contributed by atoms with van der Waals surface area (Å²) in [4.78, 5) is 17.0. The number of aromatic nitrogens is 1. The number of anilines is 2. The minimum Gasteiger partial charge on any atom is -0.497 e. The molecule has 170 valence electrons. The Kier molecular flexibility index (Phi) is 6.47.